The minimum Gasteiger partial charge on any atom is -0.495 e. The summed E-state index contributed by atoms with van der Waals surface area (Å²) < 4.78 is 18.3. The molecule has 0 saturated carbocycles. The highest BCUT2D eigenvalue weighted by atomic mass is 35.5. The lowest BCUT2D eigenvalue weighted by atomic mass is 10.2. The van der Waals surface area contributed by atoms with Crippen molar-refractivity contribution in [2.75, 3.05) is 18.2 Å². The van der Waals surface area contributed by atoms with Crippen molar-refractivity contribution in [3.63, 3.8) is 0 Å². The van der Waals surface area contributed by atoms with Crippen LogP contribution in [0.3, 0.4) is 0 Å². The van der Waals surface area contributed by atoms with E-state index in [0.29, 0.717) is 28.6 Å². The highest BCUT2D eigenvalue weighted by Gasteiger charge is 2.07. The van der Waals surface area contributed by atoms with Gasteiger partial charge in [0, 0.05) is 23.3 Å². The first-order valence-electron chi connectivity index (χ1n) is 6.39. The zero-order valence-electron chi connectivity index (χ0n) is 11.6. The number of nitrogens with two attached hydrogens (primary N) is 1. The lowest BCUT2D eigenvalue weighted by molar-refractivity contribution is 0.417. The molecule has 0 saturated heterocycles. The van der Waals surface area contributed by atoms with Gasteiger partial charge in [0.05, 0.1) is 23.3 Å². The summed E-state index contributed by atoms with van der Waals surface area (Å²) in [6.07, 6.45) is 1.64. The van der Waals surface area contributed by atoms with Gasteiger partial charge in [-0.25, -0.2) is 14.4 Å². The molecule has 0 radical (unpaired) electrons. The van der Waals surface area contributed by atoms with E-state index in [4.69, 9.17) is 22.1 Å². The predicted octanol–water partition coefficient (Wildman–Crippen LogP) is 3.76. The number of anilines is 3. The van der Waals surface area contributed by atoms with E-state index >= 15 is 0 Å². The zero-order valence-corrected chi connectivity index (χ0v) is 12.4. The van der Waals surface area contributed by atoms with Gasteiger partial charge in [-0.1, -0.05) is 11.6 Å². The minimum absolute atomic E-state index is 0.0280. The molecule has 0 amide bonds. The quantitative estimate of drug-likeness (QED) is 0.719. The third-order valence-electron chi connectivity index (χ3n) is 3.11. The smallest absolute Gasteiger partial charge is 0.227 e. The molecule has 3 rings (SSSR count). The number of benzene rings is 2. The first kappa shape index (κ1) is 14.3. The van der Waals surface area contributed by atoms with Crippen LogP contribution in [0.1, 0.15) is 0 Å². The Kier molecular flexibility index (Phi) is 3.68. The summed E-state index contributed by atoms with van der Waals surface area (Å²) in [4.78, 5) is 8.57. The average Bonchev–Trinajstić information content (AvgIpc) is 2.50. The van der Waals surface area contributed by atoms with Gasteiger partial charge in [0.1, 0.15) is 11.6 Å². The molecule has 1 heterocycles. The monoisotopic (exact) mass is 318 g/mol. The molecule has 7 heteroatoms. The first-order chi connectivity index (χ1) is 10.6. The molecule has 0 unspecified atom stereocenters. The van der Waals surface area contributed by atoms with E-state index in [9.17, 15) is 4.39 Å². The third kappa shape index (κ3) is 2.73. The van der Waals surface area contributed by atoms with Gasteiger partial charge >= 0.3 is 0 Å². The molecular formula is C15H12ClFN4O. The number of hydrogen-bond donors (Lipinski definition) is 2. The molecular weight excluding hydrogens is 307 g/mol. The Balaban J connectivity index is 1.97. The van der Waals surface area contributed by atoms with Crippen LogP contribution in [0.25, 0.3) is 10.9 Å². The fraction of sp³-hybridized carbons (Fsp3) is 0.0667. The maximum Gasteiger partial charge on any atom is 0.227 e. The van der Waals surface area contributed by atoms with E-state index in [0.717, 1.165) is 5.39 Å². The molecule has 2 aromatic carbocycles. The van der Waals surface area contributed by atoms with Gasteiger partial charge in [0.2, 0.25) is 5.95 Å². The van der Waals surface area contributed by atoms with Gasteiger partial charge in [-0.2, -0.15) is 0 Å². The number of ether oxygens (including phenoxy) is 1. The second-order valence-corrected chi connectivity index (χ2v) is 5.01. The molecule has 0 bridgehead atoms. The first-order valence-corrected chi connectivity index (χ1v) is 6.77. The lowest BCUT2D eigenvalue weighted by Crippen LogP contribution is -1.99. The molecule has 5 nitrogen and oxygen atoms in total. The van der Waals surface area contributed by atoms with Crippen LogP contribution in [0.4, 0.5) is 21.7 Å². The Bertz CT molecular complexity index is 856. The Morgan fingerprint density at radius 3 is 2.82 bits per heavy atom. The molecule has 3 aromatic rings. The maximum atomic E-state index is 13.2. The Morgan fingerprint density at radius 2 is 2.09 bits per heavy atom. The van der Waals surface area contributed by atoms with Crippen molar-refractivity contribution in [1.82, 2.24) is 9.97 Å². The van der Waals surface area contributed by atoms with Gasteiger partial charge in [-0.3, -0.25) is 0 Å². The van der Waals surface area contributed by atoms with Gasteiger partial charge in [0.25, 0.3) is 0 Å². The molecule has 112 valence electrons. The summed E-state index contributed by atoms with van der Waals surface area (Å²) in [5.74, 6) is 0.427. The summed E-state index contributed by atoms with van der Waals surface area (Å²) in [6, 6.07) is 7.77. The van der Waals surface area contributed by atoms with Crippen molar-refractivity contribution in [2.45, 2.75) is 0 Å². The molecule has 0 aliphatic carbocycles. The average molecular weight is 319 g/mol. The van der Waals surface area contributed by atoms with E-state index in [1.807, 2.05) is 0 Å². The van der Waals surface area contributed by atoms with Crippen molar-refractivity contribution < 1.29 is 9.13 Å². The van der Waals surface area contributed by atoms with Crippen LogP contribution in [0.5, 0.6) is 5.75 Å². The standard InChI is InChI=1S/C15H12ClFN4O/c1-22-14-6-13-8(4-12(14)18)7-19-15(21-13)20-9-2-3-11(17)10(16)5-9/h2-7H,18H2,1H3,(H,19,20,21). The molecule has 0 spiro atoms. The highest BCUT2D eigenvalue weighted by Crippen LogP contribution is 2.27. The maximum absolute atomic E-state index is 13.2. The summed E-state index contributed by atoms with van der Waals surface area (Å²) in [5.41, 5.74) is 7.63. The summed E-state index contributed by atoms with van der Waals surface area (Å²) in [7, 11) is 1.54. The lowest BCUT2D eigenvalue weighted by Gasteiger charge is -2.09. The normalized spacial score (nSPS) is 10.7. The fourth-order valence-electron chi connectivity index (χ4n) is 2.02. The predicted molar refractivity (Wildman–Crippen MR) is 85.2 cm³/mol. The number of fused-ring (bicyclic) bond motifs is 1. The third-order valence-corrected chi connectivity index (χ3v) is 3.40. The molecule has 3 N–H and O–H groups in total. The Morgan fingerprint density at radius 1 is 1.27 bits per heavy atom. The number of nitrogens with one attached hydrogen (secondary N) is 1. The number of nitrogens with zero attached hydrogens (tertiary/aromatic N) is 2. The van der Waals surface area contributed by atoms with Crippen LogP contribution in [0.2, 0.25) is 5.02 Å². The van der Waals surface area contributed by atoms with E-state index in [2.05, 4.69) is 15.3 Å². The van der Waals surface area contributed by atoms with Crippen molar-refractivity contribution in [2.24, 2.45) is 0 Å². The van der Waals surface area contributed by atoms with Crippen molar-refractivity contribution in [3.8, 4) is 5.75 Å². The number of aromatic nitrogens is 2. The van der Waals surface area contributed by atoms with Crippen molar-refractivity contribution in [1.29, 1.82) is 0 Å². The van der Waals surface area contributed by atoms with E-state index < -0.39 is 5.82 Å². The second kappa shape index (κ2) is 5.65. The number of rotatable bonds is 3. The van der Waals surface area contributed by atoms with E-state index in [1.165, 1.54) is 12.1 Å². The fourth-order valence-corrected chi connectivity index (χ4v) is 2.20. The second-order valence-electron chi connectivity index (χ2n) is 4.60. The molecule has 0 atom stereocenters. The SMILES string of the molecule is COc1cc2nc(Nc3ccc(F)c(Cl)c3)ncc2cc1N. The van der Waals surface area contributed by atoms with Gasteiger partial charge < -0.3 is 15.8 Å². The van der Waals surface area contributed by atoms with Crippen LogP contribution in [-0.2, 0) is 0 Å². The van der Waals surface area contributed by atoms with E-state index in [1.54, 1.807) is 31.5 Å². The Labute approximate surface area is 130 Å². The summed E-state index contributed by atoms with van der Waals surface area (Å²) in [5, 5.41) is 3.79. The minimum atomic E-state index is -0.480. The van der Waals surface area contributed by atoms with Gasteiger partial charge in [-0.15, -0.1) is 0 Å². The Hall–Kier alpha value is -2.60. The topological polar surface area (TPSA) is 73.1 Å². The molecule has 0 fully saturated rings. The molecule has 22 heavy (non-hydrogen) atoms. The van der Waals surface area contributed by atoms with Crippen LogP contribution in [0.15, 0.2) is 36.5 Å². The zero-order chi connectivity index (χ0) is 15.7. The molecule has 1 aromatic heterocycles. The molecule has 0 aliphatic rings. The molecule has 0 aliphatic heterocycles. The van der Waals surface area contributed by atoms with Crippen LogP contribution in [0, 0.1) is 5.82 Å². The van der Waals surface area contributed by atoms with Gasteiger partial charge in [-0.05, 0) is 24.3 Å². The van der Waals surface area contributed by atoms with Crippen LogP contribution in [-0.4, -0.2) is 17.1 Å². The number of methoxy groups -OCH3 is 1. The number of hydrogen-bond acceptors (Lipinski definition) is 5. The van der Waals surface area contributed by atoms with Crippen LogP contribution >= 0.6 is 11.6 Å². The van der Waals surface area contributed by atoms with Crippen molar-refractivity contribution in [3.05, 3.63) is 47.4 Å². The summed E-state index contributed by atoms with van der Waals surface area (Å²) in [6.45, 7) is 0. The van der Waals surface area contributed by atoms with Gasteiger partial charge in [0.15, 0.2) is 0 Å². The highest BCUT2D eigenvalue weighted by molar-refractivity contribution is 6.31. The number of halogens is 2. The largest absolute Gasteiger partial charge is 0.495 e. The summed E-state index contributed by atoms with van der Waals surface area (Å²) >= 11 is 5.75. The van der Waals surface area contributed by atoms with Crippen molar-refractivity contribution >= 4 is 39.8 Å². The van der Waals surface area contributed by atoms with Crippen LogP contribution < -0.4 is 15.8 Å². The number of nitrogen functional groups attached to an aromatic ring is 1. The van der Waals surface area contributed by atoms with E-state index in [-0.39, 0.29) is 5.02 Å².